The summed E-state index contributed by atoms with van der Waals surface area (Å²) in [5.74, 6) is -0.948. The van der Waals surface area contributed by atoms with Crippen molar-refractivity contribution in [3.8, 4) is 5.75 Å². The van der Waals surface area contributed by atoms with Gasteiger partial charge in [0.25, 0.3) is 11.8 Å². The van der Waals surface area contributed by atoms with Crippen LogP contribution in [0.25, 0.3) is 0 Å². The van der Waals surface area contributed by atoms with Crippen LogP contribution in [0.1, 0.15) is 46.0 Å². The van der Waals surface area contributed by atoms with Crippen LogP contribution in [0.15, 0.2) is 42.5 Å². The van der Waals surface area contributed by atoms with E-state index in [-0.39, 0.29) is 30.7 Å². The average molecular weight is 380 g/mol. The molecule has 7 heteroatoms. The number of amides is 3. The van der Waals surface area contributed by atoms with Crippen LogP contribution in [-0.2, 0) is 9.59 Å². The predicted molar refractivity (Wildman–Crippen MR) is 102 cm³/mol. The van der Waals surface area contributed by atoms with Crippen LogP contribution in [0.3, 0.4) is 0 Å². The van der Waals surface area contributed by atoms with Crippen LogP contribution in [0.5, 0.6) is 5.75 Å². The molecule has 0 aromatic heterocycles. The zero-order chi connectivity index (χ0) is 20.3. The molecule has 0 saturated heterocycles. The fourth-order valence-corrected chi connectivity index (χ4v) is 2.98. The van der Waals surface area contributed by atoms with Crippen LogP contribution in [0.4, 0.5) is 5.69 Å². The van der Waals surface area contributed by atoms with Gasteiger partial charge in [-0.1, -0.05) is 11.6 Å². The van der Waals surface area contributed by atoms with Crippen molar-refractivity contribution in [2.75, 3.05) is 11.9 Å². The maximum atomic E-state index is 12.4. The summed E-state index contributed by atoms with van der Waals surface area (Å²) < 4.78 is 5.23. The Morgan fingerprint density at radius 2 is 1.68 bits per heavy atom. The van der Waals surface area contributed by atoms with Crippen molar-refractivity contribution in [2.24, 2.45) is 0 Å². The number of rotatable bonds is 6. The Hall–Kier alpha value is -3.48. The molecular formula is C21H20N2O5. The molecule has 2 aromatic rings. The molecule has 144 valence electrons. The fourth-order valence-electron chi connectivity index (χ4n) is 2.98. The van der Waals surface area contributed by atoms with E-state index < -0.39 is 5.97 Å². The van der Waals surface area contributed by atoms with E-state index in [4.69, 9.17) is 4.74 Å². The van der Waals surface area contributed by atoms with Gasteiger partial charge in [-0.05, 0) is 49.7 Å². The summed E-state index contributed by atoms with van der Waals surface area (Å²) in [5.41, 5.74) is 2.33. The standard InChI is InChI=1S/C21H20N2O5/c1-13-5-10-17-18(12-13)21(27)23(20(17)26)11-3-4-19(25)28-16-8-6-15(7-9-16)22-14(2)24/h5-10,12H,3-4,11H2,1-2H3,(H,22,24). The van der Waals surface area contributed by atoms with Gasteiger partial charge in [0.1, 0.15) is 5.75 Å². The smallest absolute Gasteiger partial charge is 0.311 e. The number of benzene rings is 2. The van der Waals surface area contributed by atoms with Crippen LogP contribution >= 0.6 is 0 Å². The fraction of sp³-hybridized carbons (Fsp3) is 0.238. The second kappa shape index (κ2) is 8.04. The molecule has 3 rings (SSSR count). The molecule has 0 bridgehead atoms. The molecule has 0 aliphatic carbocycles. The molecule has 28 heavy (non-hydrogen) atoms. The van der Waals surface area contributed by atoms with E-state index in [1.807, 2.05) is 6.92 Å². The molecule has 0 atom stereocenters. The van der Waals surface area contributed by atoms with E-state index in [1.165, 1.54) is 11.8 Å². The summed E-state index contributed by atoms with van der Waals surface area (Å²) in [4.78, 5) is 48.9. The topological polar surface area (TPSA) is 92.8 Å². The maximum absolute atomic E-state index is 12.4. The highest BCUT2D eigenvalue weighted by atomic mass is 16.5. The molecule has 2 aromatic carbocycles. The summed E-state index contributed by atoms with van der Waals surface area (Å²) in [6.45, 7) is 3.42. The van der Waals surface area contributed by atoms with Crippen molar-refractivity contribution < 1.29 is 23.9 Å². The van der Waals surface area contributed by atoms with E-state index in [0.717, 1.165) is 5.56 Å². The number of hydrogen-bond acceptors (Lipinski definition) is 5. The number of ether oxygens (including phenoxy) is 1. The number of nitrogens with zero attached hydrogens (tertiary/aromatic N) is 1. The number of carbonyl (C=O) groups excluding carboxylic acids is 4. The van der Waals surface area contributed by atoms with Crippen LogP contribution < -0.4 is 10.1 Å². The number of carbonyl (C=O) groups is 4. The molecule has 1 aliphatic heterocycles. The van der Waals surface area contributed by atoms with Gasteiger partial charge in [0, 0.05) is 25.6 Å². The second-order valence-corrected chi connectivity index (χ2v) is 6.59. The molecule has 0 fully saturated rings. The molecule has 0 spiro atoms. The largest absolute Gasteiger partial charge is 0.427 e. The molecule has 0 radical (unpaired) electrons. The van der Waals surface area contributed by atoms with Crippen LogP contribution in [0, 0.1) is 6.92 Å². The molecule has 7 nitrogen and oxygen atoms in total. The third kappa shape index (κ3) is 4.25. The van der Waals surface area contributed by atoms with Gasteiger partial charge in [-0.25, -0.2) is 0 Å². The number of esters is 1. The Kier molecular flexibility index (Phi) is 5.54. The lowest BCUT2D eigenvalue weighted by Crippen LogP contribution is -2.31. The van der Waals surface area contributed by atoms with Gasteiger partial charge < -0.3 is 10.1 Å². The predicted octanol–water partition coefficient (Wildman–Crippen LogP) is 2.94. The van der Waals surface area contributed by atoms with Gasteiger partial charge in [-0.3, -0.25) is 24.1 Å². The van der Waals surface area contributed by atoms with Crippen molar-refractivity contribution >= 4 is 29.4 Å². The Labute approximate surface area is 162 Å². The lowest BCUT2D eigenvalue weighted by atomic mass is 10.1. The zero-order valence-electron chi connectivity index (χ0n) is 15.7. The van der Waals surface area contributed by atoms with Crippen molar-refractivity contribution in [1.29, 1.82) is 0 Å². The first-order valence-electron chi connectivity index (χ1n) is 8.90. The van der Waals surface area contributed by atoms with Crippen molar-refractivity contribution in [2.45, 2.75) is 26.7 Å². The lowest BCUT2D eigenvalue weighted by Gasteiger charge is -2.13. The minimum absolute atomic E-state index is 0.0693. The van der Waals surface area contributed by atoms with E-state index in [0.29, 0.717) is 29.0 Å². The summed E-state index contributed by atoms with van der Waals surface area (Å²) >= 11 is 0. The molecule has 1 heterocycles. The number of fused-ring (bicyclic) bond motifs is 1. The first-order chi connectivity index (χ1) is 13.3. The normalized spacial score (nSPS) is 12.7. The minimum Gasteiger partial charge on any atom is -0.427 e. The van der Waals surface area contributed by atoms with E-state index in [2.05, 4.69) is 5.32 Å². The van der Waals surface area contributed by atoms with E-state index in [1.54, 1.807) is 42.5 Å². The highest BCUT2D eigenvalue weighted by Crippen LogP contribution is 2.24. The van der Waals surface area contributed by atoms with Gasteiger partial charge in [-0.15, -0.1) is 0 Å². The van der Waals surface area contributed by atoms with Crippen molar-refractivity contribution in [3.63, 3.8) is 0 Å². The number of anilines is 1. The van der Waals surface area contributed by atoms with Crippen LogP contribution in [-0.4, -0.2) is 35.1 Å². The summed E-state index contributed by atoms with van der Waals surface area (Å²) in [7, 11) is 0. The van der Waals surface area contributed by atoms with Crippen molar-refractivity contribution in [1.82, 2.24) is 4.90 Å². The van der Waals surface area contributed by atoms with Gasteiger partial charge in [-0.2, -0.15) is 0 Å². The Bertz CT molecular complexity index is 950. The second-order valence-electron chi connectivity index (χ2n) is 6.59. The van der Waals surface area contributed by atoms with E-state index in [9.17, 15) is 19.2 Å². The summed E-state index contributed by atoms with van der Waals surface area (Å²) in [5, 5.41) is 2.62. The van der Waals surface area contributed by atoms with Gasteiger partial charge in [0.05, 0.1) is 11.1 Å². The molecular weight excluding hydrogens is 360 g/mol. The molecule has 0 saturated carbocycles. The first kappa shape index (κ1) is 19.3. The Morgan fingerprint density at radius 3 is 2.36 bits per heavy atom. The average Bonchev–Trinajstić information content (AvgIpc) is 2.87. The van der Waals surface area contributed by atoms with Gasteiger partial charge >= 0.3 is 5.97 Å². The zero-order valence-corrected chi connectivity index (χ0v) is 15.7. The molecule has 1 aliphatic rings. The maximum Gasteiger partial charge on any atom is 0.311 e. The van der Waals surface area contributed by atoms with Gasteiger partial charge in [0.2, 0.25) is 5.91 Å². The number of nitrogens with one attached hydrogen (secondary N) is 1. The summed E-state index contributed by atoms with van der Waals surface area (Å²) in [6, 6.07) is 11.6. The number of aryl methyl sites for hydroxylation is 1. The van der Waals surface area contributed by atoms with Gasteiger partial charge in [0.15, 0.2) is 0 Å². The summed E-state index contributed by atoms with van der Waals surface area (Å²) in [6.07, 6.45) is 0.382. The van der Waals surface area contributed by atoms with Crippen LogP contribution in [0.2, 0.25) is 0 Å². The molecule has 1 N–H and O–H groups in total. The number of imide groups is 1. The minimum atomic E-state index is -0.459. The van der Waals surface area contributed by atoms with Crippen molar-refractivity contribution in [3.05, 3.63) is 59.2 Å². The Morgan fingerprint density at radius 1 is 1.00 bits per heavy atom. The third-order valence-electron chi connectivity index (χ3n) is 4.30. The first-order valence-corrected chi connectivity index (χ1v) is 8.90. The lowest BCUT2D eigenvalue weighted by molar-refractivity contribution is -0.134. The monoisotopic (exact) mass is 380 g/mol. The Balaban J connectivity index is 1.50. The quantitative estimate of drug-likeness (QED) is 0.472. The van der Waals surface area contributed by atoms with E-state index >= 15 is 0 Å². The third-order valence-corrected chi connectivity index (χ3v) is 4.30. The number of hydrogen-bond donors (Lipinski definition) is 1. The highest BCUT2D eigenvalue weighted by Gasteiger charge is 2.34. The highest BCUT2D eigenvalue weighted by molar-refractivity contribution is 6.21. The molecule has 0 unspecified atom stereocenters. The SMILES string of the molecule is CC(=O)Nc1ccc(OC(=O)CCCN2C(=O)c3ccc(C)cc3C2=O)cc1. The molecule has 3 amide bonds.